The summed E-state index contributed by atoms with van der Waals surface area (Å²) in [6.07, 6.45) is 4.71. The van der Waals surface area contributed by atoms with Crippen LogP contribution in [-0.4, -0.2) is 18.2 Å². The second-order valence-electron chi connectivity index (χ2n) is 6.08. The SMILES string of the molecule is CC(C)(C)C1CCC2(CC1)CN=C(N)O2. The number of nitrogens with two attached hydrogens (primary N) is 1. The fraction of sp³-hybridized carbons (Fsp3) is 0.917. The quantitative estimate of drug-likeness (QED) is 0.667. The zero-order chi connectivity index (χ0) is 11.1. The van der Waals surface area contributed by atoms with Crippen molar-refractivity contribution in [2.75, 3.05) is 6.54 Å². The molecule has 0 atom stereocenters. The lowest BCUT2D eigenvalue weighted by Gasteiger charge is -2.41. The van der Waals surface area contributed by atoms with Gasteiger partial charge < -0.3 is 10.5 Å². The summed E-state index contributed by atoms with van der Waals surface area (Å²) in [6, 6.07) is 0.393. The lowest BCUT2D eigenvalue weighted by molar-refractivity contribution is 0.00841. The van der Waals surface area contributed by atoms with Crippen LogP contribution in [0.15, 0.2) is 4.99 Å². The Bertz CT molecular complexity index is 270. The Morgan fingerprint density at radius 3 is 2.33 bits per heavy atom. The van der Waals surface area contributed by atoms with Gasteiger partial charge in [-0.15, -0.1) is 0 Å². The number of hydrogen-bond donors (Lipinski definition) is 1. The molecule has 2 N–H and O–H groups in total. The van der Waals surface area contributed by atoms with Gasteiger partial charge in [0.25, 0.3) is 6.02 Å². The molecule has 0 aromatic carbocycles. The van der Waals surface area contributed by atoms with Crippen molar-refractivity contribution in [1.29, 1.82) is 0 Å². The minimum Gasteiger partial charge on any atom is -0.457 e. The lowest BCUT2D eigenvalue weighted by Crippen LogP contribution is -2.41. The molecule has 0 aromatic heterocycles. The molecule has 86 valence electrons. The first kappa shape index (κ1) is 10.8. The standard InChI is InChI=1S/C12H22N2O/c1-11(2,3)9-4-6-12(7-5-9)8-14-10(13)15-12/h9H,4-8H2,1-3H3,(H2,13,14). The molecule has 1 aliphatic carbocycles. The van der Waals surface area contributed by atoms with Crippen molar-refractivity contribution in [1.82, 2.24) is 0 Å². The van der Waals surface area contributed by atoms with E-state index in [-0.39, 0.29) is 5.60 Å². The molecule has 0 radical (unpaired) electrons. The van der Waals surface area contributed by atoms with Gasteiger partial charge in [0.15, 0.2) is 0 Å². The third kappa shape index (κ3) is 2.11. The number of rotatable bonds is 0. The highest BCUT2D eigenvalue weighted by molar-refractivity contribution is 5.73. The van der Waals surface area contributed by atoms with E-state index in [1.54, 1.807) is 0 Å². The molecule has 1 spiro atoms. The maximum atomic E-state index is 5.68. The highest BCUT2D eigenvalue weighted by Gasteiger charge is 2.43. The van der Waals surface area contributed by atoms with Crippen LogP contribution in [0.3, 0.4) is 0 Å². The molecule has 0 amide bonds. The number of aliphatic imine (C=N–C) groups is 1. The van der Waals surface area contributed by atoms with Crippen molar-refractivity contribution < 1.29 is 4.74 Å². The van der Waals surface area contributed by atoms with E-state index < -0.39 is 0 Å². The van der Waals surface area contributed by atoms with Crippen LogP contribution in [0, 0.1) is 11.3 Å². The molecular weight excluding hydrogens is 188 g/mol. The molecule has 2 rings (SSSR count). The molecule has 2 aliphatic rings. The lowest BCUT2D eigenvalue weighted by atomic mass is 9.68. The van der Waals surface area contributed by atoms with E-state index in [1.165, 1.54) is 12.8 Å². The summed E-state index contributed by atoms with van der Waals surface area (Å²) in [5.41, 5.74) is 5.98. The van der Waals surface area contributed by atoms with Crippen molar-refractivity contribution in [3.63, 3.8) is 0 Å². The maximum absolute atomic E-state index is 5.68. The maximum Gasteiger partial charge on any atom is 0.282 e. The van der Waals surface area contributed by atoms with Crippen molar-refractivity contribution >= 4 is 6.02 Å². The van der Waals surface area contributed by atoms with E-state index >= 15 is 0 Å². The predicted molar refractivity (Wildman–Crippen MR) is 61.7 cm³/mol. The summed E-state index contributed by atoms with van der Waals surface area (Å²) in [7, 11) is 0. The predicted octanol–water partition coefficient (Wildman–Crippen LogP) is 2.31. The Labute approximate surface area is 92.1 Å². The van der Waals surface area contributed by atoms with Gasteiger partial charge in [0.2, 0.25) is 0 Å². The molecule has 1 heterocycles. The summed E-state index contributed by atoms with van der Waals surface area (Å²) in [6.45, 7) is 7.76. The second kappa shape index (κ2) is 3.39. The van der Waals surface area contributed by atoms with Gasteiger partial charge in [0.1, 0.15) is 5.60 Å². The van der Waals surface area contributed by atoms with E-state index in [9.17, 15) is 0 Å². The van der Waals surface area contributed by atoms with Crippen LogP contribution >= 0.6 is 0 Å². The smallest absolute Gasteiger partial charge is 0.282 e. The summed E-state index contributed by atoms with van der Waals surface area (Å²) in [5, 5.41) is 0. The third-order valence-corrected chi connectivity index (χ3v) is 3.97. The molecule has 1 saturated carbocycles. The molecule has 3 heteroatoms. The van der Waals surface area contributed by atoms with Crippen LogP contribution in [0.5, 0.6) is 0 Å². The van der Waals surface area contributed by atoms with Crippen LogP contribution < -0.4 is 5.73 Å². The number of hydrogen-bond acceptors (Lipinski definition) is 3. The van der Waals surface area contributed by atoms with Crippen molar-refractivity contribution in [2.45, 2.75) is 52.1 Å². The van der Waals surface area contributed by atoms with Gasteiger partial charge in [-0.3, -0.25) is 0 Å². The molecule has 3 nitrogen and oxygen atoms in total. The summed E-state index contributed by atoms with van der Waals surface area (Å²) in [4.78, 5) is 4.17. The zero-order valence-corrected chi connectivity index (χ0v) is 10.0. The molecule has 1 fully saturated rings. The number of nitrogens with zero attached hydrogens (tertiary/aromatic N) is 1. The van der Waals surface area contributed by atoms with Crippen molar-refractivity contribution in [3.8, 4) is 0 Å². The first-order chi connectivity index (χ1) is 6.91. The zero-order valence-electron chi connectivity index (χ0n) is 10.0. The van der Waals surface area contributed by atoms with Crippen LogP contribution in [0.25, 0.3) is 0 Å². The Hall–Kier alpha value is -0.730. The molecule has 0 unspecified atom stereocenters. The fourth-order valence-electron chi connectivity index (χ4n) is 2.78. The van der Waals surface area contributed by atoms with Gasteiger partial charge in [-0.05, 0) is 37.0 Å². The van der Waals surface area contributed by atoms with Crippen molar-refractivity contribution in [3.05, 3.63) is 0 Å². The topological polar surface area (TPSA) is 47.6 Å². The van der Waals surface area contributed by atoms with E-state index in [1.807, 2.05) is 0 Å². The van der Waals surface area contributed by atoms with Gasteiger partial charge in [-0.1, -0.05) is 20.8 Å². The Morgan fingerprint density at radius 2 is 1.93 bits per heavy atom. The highest BCUT2D eigenvalue weighted by Crippen LogP contribution is 2.43. The van der Waals surface area contributed by atoms with Gasteiger partial charge in [0, 0.05) is 0 Å². The normalized spacial score (nSPS) is 36.5. The van der Waals surface area contributed by atoms with Crippen LogP contribution in [0.2, 0.25) is 0 Å². The van der Waals surface area contributed by atoms with Crippen LogP contribution in [0.1, 0.15) is 46.5 Å². The molecular formula is C12H22N2O. The van der Waals surface area contributed by atoms with E-state index in [4.69, 9.17) is 10.5 Å². The minimum atomic E-state index is -0.0359. The van der Waals surface area contributed by atoms with E-state index in [2.05, 4.69) is 25.8 Å². The molecule has 0 aromatic rings. The van der Waals surface area contributed by atoms with Gasteiger partial charge >= 0.3 is 0 Å². The minimum absolute atomic E-state index is 0.0359. The summed E-state index contributed by atoms with van der Waals surface area (Å²) >= 11 is 0. The molecule has 1 aliphatic heterocycles. The van der Waals surface area contributed by atoms with Crippen LogP contribution in [-0.2, 0) is 4.74 Å². The average Bonchev–Trinajstić information content (AvgIpc) is 2.47. The number of amidine groups is 1. The monoisotopic (exact) mass is 210 g/mol. The Morgan fingerprint density at radius 1 is 1.33 bits per heavy atom. The van der Waals surface area contributed by atoms with E-state index in [0.29, 0.717) is 11.4 Å². The third-order valence-electron chi connectivity index (χ3n) is 3.97. The van der Waals surface area contributed by atoms with Crippen LogP contribution in [0.4, 0.5) is 0 Å². The summed E-state index contributed by atoms with van der Waals surface area (Å²) in [5.74, 6) is 0.813. The summed E-state index contributed by atoms with van der Waals surface area (Å²) < 4.78 is 5.68. The first-order valence-corrected chi connectivity index (χ1v) is 5.90. The first-order valence-electron chi connectivity index (χ1n) is 5.90. The van der Waals surface area contributed by atoms with Gasteiger partial charge in [-0.2, -0.15) is 0 Å². The number of ether oxygens (including phenoxy) is 1. The molecule has 0 bridgehead atoms. The molecule has 15 heavy (non-hydrogen) atoms. The average molecular weight is 210 g/mol. The van der Waals surface area contributed by atoms with Gasteiger partial charge in [-0.25, -0.2) is 4.99 Å². The van der Waals surface area contributed by atoms with Gasteiger partial charge in [0.05, 0.1) is 6.54 Å². The highest BCUT2D eigenvalue weighted by atomic mass is 16.5. The second-order valence-corrected chi connectivity index (χ2v) is 6.08. The fourth-order valence-corrected chi connectivity index (χ4v) is 2.78. The Kier molecular flexibility index (Phi) is 2.44. The van der Waals surface area contributed by atoms with E-state index in [0.717, 1.165) is 25.3 Å². The molecule has 0 saturated heterocycles. The Balaban J connectivity index is 1.93. The van der Waals surface area contributed by atoms with Crippen molar-refractivity contribution in [2.24, 2.45) is 22.1 Å². The largest absolute Gasteiger partial charge is 0.457 e.